The van der Waals surface area contributed by atoms with E-state index in [0.717, 1.165) is 35.3 Å². The molecule has 0 radical (unpaired) electrons. The molecule has 3 aromatic rings. The Kier molecular flexibility index (Phi) is 4.78. The minimum absolute atomic E-state index is 0.830. The van der Waals surface area contributed by atoms with Gasteiger partial charge >= 0.3 is 0 Å². The molecule has 0 amide bonds. The summed E-state index contributed by atoms with van der Waals surface area (Å²) < 4.78 is 1.94. The third kappa shape index (κ3) is 3.83. The van der Waals surface area contributed by atoms with Gasteiger partial charge in [0.2, 0.25) is 0 Å². The van der Waals surface area contributed by atoms with Crippen molar-refractivity contribution in [1.82, 2.24) is 9.78 Å². The number of hydrogen-bond acceptors (Lipinski definition) is 2. The number of rotatable bonds is 5. The molecule has 0 saturated carbocycles. The van der Waals surface area contributed by atoms with Gasteiger partial charge in [0.05, 0.1) is 17.0 Å². The van der Waals surface area contributed by atoms with E-state index in [2.05, 4.69) is 44.3 Å². The quantitative estimate of drug-likeness (QED) is 0.711. The lowest BCUT2D eigenvalue weighted by atomic mass is 9.98. The van der Waals surface area contributed by atoms with E-state index in [9.17, 15) is 5.11 Å². The molecule has 3 heteroatoms. The number of benzene rings is 2. The molecule has 1 heterocycles. The van der Waals surface area contributed by atoms with Crippen molar-refractivity contribution in [3.63, 3.8) is 0 Å². The smallest absolute Gasteiger partial charge is 0.0959 e. The third-order valence-corrected chi connectivity index (χ3v) is 4.47. The first-order valence-corrected chi connectivity index (χ1v) is 8.87. The second-order valence-corrected chi connectivity index (χ2v) is 7.17. The summed E-state index contributed by atoms with van der Waals surface area (Å²) in [6.07, 6.45) is 4.21. The Morgan fingerprint density at radius 3 is 2.20 bits per heavy atom. The third-order valence-electron chi connectivity index (χ3n) is 4.47. The molecule has 3 nitrogen and oxygen atoms in total. The zero-order chi connectivity index (χ0) is 18.0. The van der Waals surface area contributed by atoms with Crippen molar-refractivity contribution in [3.8, 4) is 16.9 Å². The van der Waals surface area contributed by atoms with E-state index >= 15 is 0 Å². The molecular weight excluding hydrogens is 308 g/mol. The summed E-state index contributed by atoms with van der Waals surface area (Å²) in [5.41, 5.74) is 5.79. The minimum Gasteiger partial charge on any atom is -0.386 e. The Hall–Kier alpha value is -2.39. The van der Waals surface area contributed by atoms with Gasteiger partial charge in [0.1, 0.15) is 0 Å². The zero-order valence-corrected chi connectivity index (χ0v) is 15.5. The van der Waals surface area contributed by atoms with Crippen molar-refractivity contribution in [2.75, 3.05) is 0 Å². The van der Waals surface area contributed by atoms with Gasteiger partial charge in [-0.3, -0.25) is 0 Å². The predicted octanol–water partition coefficient (Wildman–Crippen LogP) is 5.03. The van der Waals surface area contributed by atoms with Crippen molar-refractivity contribution in [3.05, 3.63) is 71.4 Å². The molecule has 3 rings (SSSR count). The fourth-order valence-electron chi connectivity index (χ4n) is 2.97. The molecule has 0 atom stereocenters. The number of aliphatic hydroxyl groups is 1. The largest absolute Gasteiger partial charge is 0.386 e. The molecule has 1 N–H and O–H groups in total. The number of hydrogen-bond donors (Lipinski definition) is 1. The number of aromatic nitrogens is 2. The van der Waals surface area contributed by atoms with Crippen LogP contribution in [0.5, 0.6) is 0 Å². The topological polar surface area (TPSA) is 38.0 Å². The second kappa shape index (κ2) is 6.85. The molecule has 0 unspecified atom stereocenters. The van der Waals surface area contributed by atoms with E-state index < -0.39 is 5.60 Å². The highest BCUT2D eigenvalue weighted by atomic mass is 16.3. The molecule has 0 fully saturated rings. The highest BCUT2D eigenvalue weighted by Gasteiger charge is 2.16. The average Bonchev–Trinajstić information content (AvgIpc) is 2.99. The van der Waals surface area contributed by atoms with Crippen LogP contribution in [0.2, 0.25) is 0 Å². The van der Waals surface area contributed by atoms with Gasteiger partial charge in [-0.2, -0.15) is 5.10 Å². The van der Waals surface area contributed by atoms with Crippen molar-refractivity contribution >= 4 is 0 Å². The summed E-state index contributed by atoms with van der Waals surface area (Å²) in [7, 11) is 0. The second-order valence-electron chi connectivity index (χ2n) is 7.17. The summed E-state index contributed by atoms with van der Waals surface area (Å²) >= 11 is 0. The number of nitrogens with zero attached hydrogens (tertiary/aromatic N) is 2. The van der Waals surface area contributed by atoms with Crippen LogP contribution in [0.3, 0.4) is 0 Å². The van der Waals surface area contributed by atoms with Crippen LogP contribution in [-0.4, -0.2) is 14.9 Å². The minimum atomic E-state index is -0.830. The molecule has 1 aromatic heterocycles. The van der Waals surface area contributed by atoms with Crippen LogP contribution in [0.4, 0.5) is 0 Å². The van der Waals surface area contributed by atoms with Gasteiger partial charge in [0.15, 0.2) is 0 Å². The molecule has 0 aliphatic rings. The van der Waals surface area contributed by atoms with Gasteiger partial charge in [-0.15, -0.1) is 0 Å². The molecule has 0 aliphatic carbocycles. The molecule has 25 heavy (non-hydrogen) atoms. The Balaban J connectivity index is 2.00. The average molecular weight is 334 g/mol. The lowest BCUT2D eigenvalue weighted by Gasteiger charge is -2.17. The molecule has 0 spiro atoms. The fraction of sp³-hybridized carbons (Fsp3) is 0.318. The maximum Gasteiger partial charge on any atom is 0.0959 e. The lowest BCUT2D eigenvalue weighted by Crippen LogP contribution is -2.15. The van der Waals surface area contributed by atoms with Gasteiger partial charge in [-0.1, -0.05) is 55.3 Å². The normalized spacial score (nSPS) is 11.7. The maximum absolute atomic E-state index is 10.1. The van der Waals surface area contributed by atoms with Crippen LogP contribution in [0.25, 0.3) is 16.9 Å². The molecule has 0 aliphatic heterocycles. The van der Waals surface area contributed by atoms with E-state index in [4.69, 9.17) is 5.10 Å². The van der Waals surface area contributed by atoms with Gasteiger partial charge < -0.3 is 5.11 Å². The van der Waals surface area contributed by atoms with Gasteiger partial charge in [-0.25, -0.2) is 4.68 Å². The van der Waals surface area contributed by atoms with Crippen LogP contribution >= 0.6 is 0 Å². The Bertz CT molecular complexity index is 837. The standard InChI is InChI=1S/C22H26N2O/c1-5-6-18-15-24(20-13-11-19(12-14-20)22(3,4)25)23-21(18)17-9-7-16(2)8-10-17/h7-15,25H,5-6H2,1-4H3. The summed E-state index contributed by atoms with van der Waals surface area (Å²) in [4.78, 5) is 0. The predicted molar refractivity (Wildman–Crippen MR) is 103 cm³/mol. The van der Waals surface area contributed by atoms with Gasteiger partial charge in [0, 0.05) is 11.8 Å². The van der Waals surface area contributed by atoms with Gasteiger partial charge in [0.25, 0.3) is 0 Å². The van der Waals surface area contributed by atoms with E-state index in [1.807, 2.05) is 28.9 Å². The Labute approximate surface area is 150 Å². The Morgan fingerprint density at radius 2 is 1.64 bits per heavy atom. The first-order chi connectivity index (χ1) is 11.9. The SMILES string of the molecule is CCCc1cn(-c2ccc(C(C)(C)O)cc2)nc1-c1ccc(C)cc1. The van der Waals surface area contributed by atoms with E-state index in [0.29, 0.717) is 0 Å². The molecule has 0 bridgehead atoms. The van der Waals surface area contributed by atoms with Crippen molar-refractivity contribution in [2.24, 2.45) is 0 Å². The summed E-state index contributed by atoms with van der Waals surface area (Å²) in [5, 5.41) is 15.0. The van der Waals surface area contributed by atoms with Crippen LogP contribution in [0.15, 0.2) is 54.7 Å². The first-order valence-electron chi connectivity index (χ1n) is 8.87. The molecule has 0 saturated heterocycles. The first kappa shape index (κ1) is 17.4. The molecular formula is C22H26N2O. The summed E-state index contributed by atoms with van der Waals surface area (Å²) in [5.74, 6) is 0. The zero-order valence-electron chi connectivity index (χ0n) is 15.5. The fourth-order valence-corrected chi connectivity index (χ4v) is 2.97. The number of aryl methyl sites for hydroxylation is 2. The van der Waals surface area contributed by atoms with Crippen LogP contribution in [0.1, 0.15) is 43.9 Å². The maximum atomic E-state index is 10.1. The molecule has 2 aromatic carbocycles. The van der Waals surface area contributed by atoms with Crippen molar-refractivity contribution < 1.29 is 5.11 Å². The highest BCUT2D eigenvalue weighted by Crippen LogP contribution is 2.26. The van der Waals surface area contributed by atoms with E-state index in [-0.39, 0.29) is 0 Å². The van der Waals surface area contributed by atoms with E-state index in [1.54, 1.807) is 13.8 Å². The molecule has 130 valence electrons. The summed E-state index contributed by atoms with van der Waals surface area (Å²) in [6, 6.07) is 16.5. The highest BCUT2D eigenvalue weighted by molar-refractivity contribution is 5.63. The van der Waals surface area contributed by atoms with Gasteiger partial charge in [-0.05, 0) is 50.5 Å². The van der Waals surface area contributed by atoms with Crippen LogP contribution < -0.4 is 0 Å². The van der Waals surface area contributed by atoms with Crippen LogP contribution in [0, 0.1) is 6.92 Å². The lowest BCUT2D eigenvalue weighted by molar-refractivity contribution is 0.0786. The monoisotopic (exact) mass is 334 g/mol. The summed E-state index contributed by atoms with van der Waals surface area (Å²) in [6.45, 7) is 7.88. The van der Waals surface area contributed by atoms with Crippen LogP contribution in [-0.2, 0) is 12.0 Å². The van der Waals surface area contributed by atoms with Crippen molar-refractivity contribution in [2.45, 2.75) is 46.1 Å². The Morgan fingerprint density at radius 1 is 1.00 bits per heavy atom. The van der Waals surface area contributed by atoms with E-state index in [1.165, 1.54) is 11.1 Å². The van der Waals surface area contributed by atoms with Crippen molar-refractivity contribution in [1.29, 1.82) is 0 Å².